The predicted octanol–water partition coefficient (Wildman–Crippen LogP) is 1.93. The second kappa shape index (κ2) is 6.90. The van der Waals surface area contributed by atoms with E-state index in [4.69, 9.17) is 21.8 Å². The van der Waals surface area contributed by atoms with Crippen molar-refractivity contribution < 1.29 is 12.8 Å². The molecule has 22 heavy (non-hydrogen) atoms. The predicted molar refractivity (Wildman–Crippen MR) is 90.3 cm³/mol. The van der Waals surface area contributed by atoms with E-state index in [9.17, 15) is 13.2 Å². The van der Waals surface area contributed by atoms with Crippen LogP contribution >= 0.6 is 39.9 Å². The standard InChI is InChI=1S/C11H13BrClN3O4S.ClH/c1-5(4-14)16(2)21(18,19)10-6(12)3-7-9(8(10)13)20-11(17)15-7;/h3,5H,4,14H2,1-2H3,(H,15,17);1H. The van der Waals surface area contributed by atoms with Crippen molar-refractivity contribution in [2.75, 3.05) is 13.6 Å². The van der Waals surface area contributed by atoms with Crippen molar-refractivity contribution in [3.8, 4) is 0 Å². The molecule has 0 amide bonds. The van der Waals surface area contributed by atoms with Crippen LogP contribution in [0.25, 0.3) is 11.1 Å². The monoisotopic (exact) mass is 433 g/mol. The van der Waals surface area contributed by atoms with E-state index in [-0.39, 0.29) is 38.9 Å². The molecule has 0 spiro atoms. The third-order valence-corrected chi connectivity index (χ3v) is 6.58. The van der Waals surface area contributed by atoms with E-state index in [1.807, 2.05) is 0 Å². The van der Waals surface area contributed by atoms with Crippen LogP contribution < -0.4 is 11.5 Å². The Labute approximate surface area is 146 Å². The quantitative estimate of drug-likeness (QED) is 0.763. The SMILES string of the molecule is CC(CN)N(C)S(=O)(=O)c1c(Br)cc2[nH]c(=O)oc2c1Cl.Cl. The second-order valence-electron chi connectivity index (χ2n) is 4.50. The first-order valence-corrected chi connectivity index (χ1v) is 8.50. The number of fused-ring (bicyclic) bond motifs is 1. The minimum absolute atomic E-state index is 0. The van der Waals surface area contributed by atoms with E-state index in [1.54, 1.807) is 6.92 Å². The molecule has 1 atom stereocenters. The lowest BCUT2D eigenvalue weighted by Crippen LogP contribution is -2.39. The number of oxazole rings is 1. The molecule has 2 aromatic rings. The van der Waals surface area contributed by atoms with Crippen LogP contribution in [-0.4, -0.2) is 37.3 Å². The Kier molecular flexibility index (Phi) is 6.10. The summed E-state index contributed by atoms with van der Waals surface area (Å²) in [5, 5.41) is -0.159. The maximum atomic E-state index is 12.7. The number of aromatic nitrogens is 1. The number of sulfonamides is 1. The van der Waals surface area contributed by atoms with Crippen molar-refractivity contribution in [2.24, 2.45) is 5.73 Å². The molecule has 1 unspecified atom stereocenters. The first kappa shape index (κ1) is 19.5. The minimum atomic E-state index is -3.90. The Bertz CT molecular complexity index is 849. The number of nitrogens with two attached hydrogens (primary N) is 1. The van der Waals surface area contributed by atoms with Crippen LogP contribution in [0.5, 0.6) is 0 Å². The molecule has 0 saturated carbocycles. The van der Waals surface area contributed by atoms with E-state index in [2.05, 4.69) is 20.9 Å². The lowest BCUT2D eigenvalue weighted by Gasteiger charge is -2.24. The lowest BCUT2D eigenvalue weighted by atomic mass is 10.3. The molecule has 1 aromatic heterocycles. The highest BCUT2D eigenvalue weighted by atomic mass is 79.9. The van der Waals surface area contributed by atoms with Crippen molar-refractivity contribution in [3.63, 3.8) is 0 Å². The molecule has 11 heteroatoms. The topological polar surface area (TPSA) is 109 Å². The zero-order valence-corrected chi connectivity index (χ0v) is 15.6. The van der Waals surface area contributed by atoms with E-state index in [1.165, 1.54) is 13.1 Å². The van der Waals surface area contributed by atoms with Gasteiger partial charge >= 0.3 is 5.76 Å². The zero-order valence-electron chi connectivity index (χ0n) is 11.6. The molecule has 0 fully saturated rings. The summed E-state index contributed by atoms with van der Waals surface area (Å²) < 4.78 is 31.5. The molecule has 1 heterocycles. The average molecular weight is 435 g/mol. The van der Waals surface area contributed by atoms with Crippen LogP contribution in [0.1, 0.15) is 6.92 Å². The normalized spacial score (nSPS) is 13.4. The molecule has 0 aliphatic carbocycles. The zero-order chi connectivity index (χ0) is 15.9. The van der Waals surface area contributed by atoms with Crippen molar-refractivity contribution >= 4 is 61.1 Å². The average Bonchev–Trinajstić information content (AvgIpc) is 2.77. The number of nitrogens with zero attached hydrogens (tertiary/aromatic N) is 1. The summed E-state index contributed by atoms with van der Waals surface area (Å²) in [6.45, 7) is 1.83. The second-order valence-corrected chi connectivity index (χ2v) is 7.67. The minimum Gasteiger partial charge on any atom is -0.406 e. The van der Waals surface area contributed by atoms with Crippen molar-refractivity contribution in [2.45, 2.75) is 17.9 Å². The highest BCUT2D eigenvalue weighted by Crippen LogP contribution is 2.37. The van der Waals surface area contributed by atoms with Gasteiger partial charge in [-0.05, 0) is 28.9 Å². The third kappa shape index (κ3) is 3.19. The fourth-order valence-electron chi connectivity index (χ4n) is 1.77. The molecule has 0 saturated heterocycles. The van der Waals surface area contributed by atoms with Gasteiger partial charge in [-0.3, -0.25) is 4.98 Å². The van der Waals surface area contributed by atoms with E-state index >= 15 is 0 Å². The number of nitrogens with one attached hydrogen (secondary N) is 1. The van der Waals surface area contributed by atoms with Crippen LogP contribution in [0.3, 0.4) is 0 Å². The Morgan fingerprint density at radius 3 is 2.68 bits per heavy atom. The first-order chi connectivity index (χ1) is 9.70. The van der Waals surface area contributed by atoms with Gasteiger partial charge in [0.25, 0.3) is 0 Å². The third-order valence-electron chi connectivity index (χ3n) is 3.16. The number of H-pyrrole nitrogens is 1. The van der Waals surface area contributed by atoms with Gasteiger partial charge in [0.1, 0.15) is 9.92 Å². The van der Waals surface area contributed by atoms with Crippen LogP contribution in [0.4, 0.5) is 0 Å². The number of hydrogen-bond donors (Lipinski definition) is 2. The summed E-state index contributed by atoms with van der Waals surface area (Å²) >= 11 is 9.28. The largest absolute Gasteiger partial charge is 0.417 e. The molecule has 2 rings (SSSR count). The van der Waals surface area contributed by atoms with Gasteiger partial charge in [-0.25, -0.2) is 13.2 Å². The maximum Gasteiger partial charge on any atom is 0.417 e. The van der Waals surface area contributed by atoms with Crippen molar-refractivity contribution in [3.05, 3.63) is 26.1 Å². The van der Waals surface area contributed by atoms with Gasteiger partial charge in [0, 0.05) is 24.1 Å². The highest BCUT2D eigenvalue weighted by Gasteiger charge is 2.31. The summed E-state index contributed by atoms with van der Waals surface area (Å²) in [6.07, 6.45) is 0. The van der Waals surface area contributed by atoms with Gasteiger partial charge in [0.15, 0.2) is 5.58 Å². The molecular formula is C11H14BrCl2N3O4S. The van der Waals surface area contributed by atoms with Gasteiger partial charge in [0.05, 0.1) is 5.52 Å². The number of benzene rings is 1. The Morgan fingerprint density at radius 2 is 2.14 bits per heavy atom. The van der Waals surface area contributed by atoms with Gasteiger partial charge in [0.2, 0.25) is 10.0 Å². The number of hydrogen-bond acceptors (Lipinski definition) is 5. The van der Waals surface area contributed by atoms with Crippen LogP contribution in [0, 0.1) is 0 Å². The summed E-state index contributed by atoms with van der Waals surface area (Å²) in [5.41, 5.74) is 5.81. The van der Waals surface area contributed by atoms with Gasteiger partial charge in [-0.1, -0.05) is 11.6 Å². The fraction of sp³-hybridized carbons (Fsp3) is 0.364. The highest BCUT2D eigenvalue weighted by molar-refractivity contribution is 9.10. The Hall–Kier alpha value is -0.580. The van der Waals surface area contributed by atoms with E-state index in [0.29, 0.717) is 5.52 Å². The Morgan fingerprint density at radius 1 is 1.55 bits per heavy atom. The van der Waals surface area contributed by atoms with Crippen LogP contribution in [0.15, 0.2) is 24.6 Å². The van der Waals surface area contributed by atoms with E-state index in [0.717, 1.165) is 4.31 Å². The van der Waals surface area contributed by atoms with Gasteiger partial charge in [-0.15, -0.1) is 12.4 Å². The van der Waals surface area contributed by atoms with E-state index < -0.39 is 21.8 Å². The summed E-state index contributed by atoms with van der Waals surface area (Å²) in [5.74, 6) is -0.711. The molecule has 0 aliphatic heterocycles. The lowest BCUT2D eigenvalue weighted by molar-refractivity contribution is 0.394. The molecule has 0 bridgehead atoms. The van der Waals surface area contributed by atoms with Crippen LogP contribution in [0.2, 0.25) is 5.02 Å². The van der Waals surface area contributed by atoms with Crippen molar-refractivity contribution in [1.29, 1.82) is 0 Å². The van der Waals surface area contributed by atoms with Crippen molar-refractivity contribution in [1.82, 2.24) is 9.29 Å². The molecule has 1 aromatic carbocycles. The number of aromatic amines is 1. The summed E-state index contributed by atoms with van der Waals surface area (Å²) in [4.78, 5) is 13.5. The smallest absolute Gasteiger partial charge is 0.406 e. The van der Waals surface area contributed by atoms with Gasteiger partial charge < -0.3 is 10.2 Å². The summed E-state index contributed by atoms with van der Waals surface area (Å²) in [6, 6.07) is 1.02. The fourth-order valence-corrected chi connectivity index (χ4v) is 4.93. The van der Waals surface area contributed by atoms with Crippen LogP contribution in [-0.2, 0) is 10.0 Å². The molecular weight excluding hydrogens is 421 g/mol. The summed E-state index contributed by atoms with van der Waals surface area (Å²) in [7, 11) is -2.49. The molecule has 3 N–H and O–H groups in total. The molecule has 124 valence electrons. The van der Waals surface area contributed by atoms with Gasteiger partial charge in [-0.2, -0.15) is 4.31 Å². The number of rotatable bonds is 4. The number of halogens is 3. The first-order valence-electron chi connectivity index (χ1n) is 5.89. The molecule has 7 nitrogen and oxygen atoms in total. The number of likely N-dealkylation sites (N-methyl/N-ethyl adjacent to an activating group) is 1. The Balaban J connectivity index is 0.00000242. The maximum absolute atomic E-state index is 12.7. The molecule has 0 radical (unpaired) electrons. The molecule has 0 aliphatic rings.